The molecule has 0 saturated carbocycles. The Hall–Kier alpha value is -1.54. The van der Waals surface area contributed by atoms with Crippen LogP contribution in [0.3, 0.4) is 0 Å². The van der Waals surface area contributed by atoms with E-state index in [4.69, 9.17) is 4.74 Å². The number of anilines is 1. The highest BCUT2D eigenvalue weighted by Gasteiger charge is 2.20. The quantitative estimate of drug-likeness (QED) is 0.822. The molecule has 23 heavy (non-hydrogen) atoms. The Morgan fingerprint density at radius 1 is 1.17 bits per heavy atom. The molecule has 0 radical (unpaired) electrons. The maximum atomic E-state index is 10.1. The SMILES string of the molecule is OC(COCc1cccs1)CN1CCN(c2ncccn2)CC1. The topological polar surface area (TPSA) is 61.7 Å². The van der Waals surface area contributed by atoms with Crippen molar-refractivity contribution in [1.29, 1.82) is 0 Å². The zero-order valence-corrected chi connectivity index (χ0v) is 13.9. The monoisotopic (exact) mass is 334 g/mol. The molecule has 2 aromatic rings. The van der Waals surface area contributed by atoms with Crippen LogP contribution in [0.2, 0.25) is 0 Å². The van der Waals surface area contributed by atoms with Crippen molar-refractivity contribution in [2.45, 2.75) is 12.7 Å². The lowest BCUT2D eigenvalue weighted by atomic mass is 10.2. The molecule has 1 aliphatic heterocycles. The van der Waals surface area contributed by atoms with Gasteiger partial charge in [-0.05, 0) is 17.5 Å². The molecule has 0 aliphatic carbocycles. The number of hydrogen-bond donors (Lipinski definition) is 1. The number of β-amino-alcohol motifs (C(OH)–C–C–N with tert-alkyl or cyclic N) is 1. The summed E-state index contributed by atoms with van der Waals surface area (Å²) in [6.07, 6.45) is 3.08. The van der Waals surface area contributed by atoms with Crippen LogP contribution in [-0.4, -0.2) is 65.4 Å². The zero-order valence-electron chi connectivity index (χ0n) is 13.0. The molecule has 1 N–H and O–H groups in total. The van der Waals surface area contributed by atoms with Gasteiger partial charge in [-0.15, -0.1) is 11.3 Å². The van der Waals surface area contributed by atoms with Crippen molar-refractivity contribution < 1.29 is 9.84 Å². The van der Waals surface area contributed by atoms with Gasteiger partial charge >= 0.3 is 0 Å². The number of aromatic nitrogens is 2. The summed E-state index contributed by atoms with van der Waals surface area (Å²) < 4.78 is 5.58. The molecular weight excluding hydrogens is 312 g/mol. The minimum Gasteiger partial charge on any atom is -0.389 e. The Morgan fingerprint density at radius 3 is 2.65 bits per heavy atom. The molecule has 1 fully saturated rings. The van der Waals surface area contributed by atoms with Crippen LogP contribution >= 0.6 is 11.3 Å². The van der Waals surface area contributed by atoms with E-state index in [0.29, 0.717) is 19.8 Å². The van der Waals surface area contributed by atoms with Crippen molar-refractivity contribution >= 4 is 17.3 Å². The summed E-state index contributed by atoms with van der Waals surface area (Å²) in [5, 5.41) is 12.1. The van der Waals surface area contributed by atoms with Crippen LogP contribution in [0.1, 0.15) is 4.88 Å². The predicted octanol–water partition coefficient (Wildman–Crippen LogP) is 1.24. The predicted molar refractivity (Wildman–Crippen MR) is 90.7 cm³/mol. The Balaban J connectivity index is 1.35. The number of thiophene rings is 1. The highest BCUT2D eigenvalue weighted by Crippen LogP contribution is 2.11. The second-order valence-electron chi connectivity index (χ2n) is 5.58. The Kier molecular flexibility index (Phi) is 5.93. The molecular formula is C16H22N4O2S. The van der Waals surface area contributed by atoms with Crippen LogP contribution < -0.4 is 4.90 Å². The first-order valence-corrected chi connectivity index (χ1v) is 8.72. The van der Waals surface area contributed by atoms with Crippen LogP contribution in [-0.2, 0) is 11.3 Å². The maximum absolute atomic E-state index is 10.1. The minimum atomic E-state index is -0.450. The lowest BCUT2D eigenvalue weighted by Gasteiger charge is -2.35. The van der Waals surface area contributed by atoms with Gasteiger partial charge in [-0.2, -0.15) is 0 Å². The fourth-order valence-corrected chi connectivity index (χ4v) is 3.27. The largest absolute Gasteiger partial charge is 0.389 e. The molecule has 3 rings (SSSR count). The highest BCUT2D eigenvalue weighted by atomic mass is 32.1. The Morgan fingerprint density at radius 2 is 1.96 bits per heavy atom. The standard InChI is InChI=1S/C16H22N4O2S/c21-14(12-22-13-15-3-1-10-23-15)11-19-6-8-20(9-7-19)16-17-4-2-5-18-16/h1-5,10,14,21H,6-9,11-13H2. The smallest absolute Gasteiger partial charge is 0.225 e. The number of aliphatic hydroxyl groups excluding tert-OH is 1. The van der Waals surface area contributed by atoms with Crippen molar-refractivity contribution in [1.82, 2.24) is 14.9 Å². The van der Waals surface area contributed by atoms with Crippen LogP contribution in [0.15, 0.2) is 36.0 Å². The van der Waals surface area contributed by atoms with Crippen molar-refractivity contribution in [3.63, 3.8) is 0 Å². The molecule has 3 heterocycles. The van der Waals surface area contributed by atoms with Gasteiger partial charge < -0.3 is 14.7 Å². The van der Waals surface area contributed by atoms with Gasteiger partial charge in [0, 0.05) is 50.0 Å². The van der Waals surface area contributed by atoms with Gasteiger partial charge in [0.15, 0.2) is 0 Å². The fraction of sp³-hybridized carbons (Fsp3) is 0.500. The van der Waals surface area contributed by atoms with Gasteiger partial charge in [0.2, 0.25) is 5.95 Å². The fourth-order valence-electron chi connectivity index (χ4n) is 2.63. The average molecular weight is 334 g/mol. The third-order valence-corrected chi connectivity index (χ3v) is 4.66. The van der Waals surface area contributed by atoms with Crippen LogP contribution in [0, 0.1) is 0 Å². The molecule has 0 aromatic carbocycles. The molecule has 0 amide bonds. The number of ether oxygens (including phenoxy) is 1. The van der Waals surface area contributed by atoms with Crippen LogP contribution in [0.5, 0.6) is 0 Å². The molecule has 0 bridgehead atoms. The summed E-state index contributed by atoms with van der Waals surface area (Å²) in [6.45, 7) is 5.17. The van der Waals surface area contributed by atoms with Gasteiger partial charge in [-0.1, -0.05) is 6.07 Å². The van der Waals surface area contributed by atoms with E-state index in [1.54, 1.807) is 23.7 Å². The zero-order chi connectivity index (χ0) is 15.9. The molecule has 1 aliphatic rings. The van der Waals surface area contributed by atoms with E-state index < -0.39 is 6.10 Å². The molecule has 0 spiro atoms. The number of rotatable bonds is 7. The summed E-state index contributed by atoms with van der Waals surface area (Å²) >= 11 is 1.67. The number of piperazine rings is 1. The lowest BCUT2D eigenvalue weighted by molar-refractivity contribution is 0.00987. The lowest BCUT2D eigenvalue weighted by Crippen LogP contribution is -2.49. The summed E-state index contributed by atoms with van der Waals surface area (Å²) in [5.74, 6) is 0.784. The van der Waals surface area contributed by atoms with Gasteiger partial charge in [0.05, 0.1) is 19.3 Å². The molecule has 1 atom stereocenters. The summed E-state index contributed by atoms with van der Waals surface area (Å²) in [6, 6.07) is 5.88. The van der Waals surface area contributed by atoms with E-state index in [1.807, 2.05) is 23.6 Å². The summed E-state index contributed by atoms with van der Waals surface area (Å²) in [7, 11) is 0. The summed E-state index contributed by atoms with van der Waals surface area (Å²) in [4.78, 5) is 14.2. The molecule has 1 saturated heterocycles. The van der Waals surface area contributed by atoms with E-state index in [0.717, 1.165) is 32.1 Å². The number of nitrogens with zero attached hydrogens (tertiary/aromatic N) is 4. The first-order valence-electron chi connectivity index (χ1n) is 7.84. The average Bonchev–Trinajstić information content (AvgIpc) is 3.10. The van der Waals surface area contributed by atoms with Gasteiger partial charge in [0.25, 0.3) is 0 Å². The van der Waals surface area contributed by atoms with Crippen molar-refractivity contribution in [2.24, 2.45) is 0 Å². The molecule has 6 nitrogen and oxygen atoms in total. The third-order valence-electron chi connectivity index (χ3n) is 3.81. The second kappa shape index (κ2) is 8.35. The summed E-state index contributed by atoms with van der Waals surface area (Å²) in [5.41, 5.74) is 0. The molecule has 2 aromatic heterocycles. The van der Waals surface area contributed by atoms with Crippen molar-refractivity contribution in [2.75, 3.05) is 44.2 Å². The minimum absolute atomic E-state index is 0.375. The first-order chi connectivity index (χ1) is 11.3. The van der Waals surface area contributed by atoms with Gasteiger partial charge in [-0.3, -0.25) is 4.90 Å². The molecule has 7 heteroatoms. The third kappa shape index (κ3) is 4.97. The van der Waals surface area contributed by atoms with E-state index >= 15 is 0 Å². The first kappa shape index (κ1) is 16.3. The maximum Gasteiger partial charge on any atom is 0.225 e. The normalized spacial score (nSPS) is 17.3. The van der Waals surface area contributed by atoms with E-state index in [9.17, 15) is 5.11 Å². The highest BCUT2D eigenvalue weighted by molar-refractivity contribution is 7.09. The Labute approximate surface area is 140 Å². The number of hydrogen-bond acceptors (Lipinski definition) is 7. The van der Waals surface area contributed by atoms with E-state index in [1.165, 1.54) is 4.88 Å². The van der Waals surface area contributed by atoms with Crippen LogP contribution in [0.4, 0.5) is 5.95 Å². The van der Waals surface area contributed by atoms with Gasteiger partial charge in [0.1, 0.15) is 0 Å². The Bertz CT molecular complexity index is 559. The second-order valence-corrected chi connectivity index (χ2v) is 6.62. The molecule has 1 unspecified atom stereocenters. The number of aliphatic hydroxyl groups is 1. The van der Waals surface area contributed by atoms with Gasteiger partial charge in [-0.25, -0.2) is 9.97 Å². The van der Waals surface area contributed by atoms with E-state index in [-0.39, 0.29) is 0 Å². The van der Waals surface area contributed by atoms with Crippen molar-refractivity contribution in [3.05, 3.63) is 40.8 Å². The van der Waals surface area contributed by atoms with Crippen molar-refractivity contribution in [3.8, 4) is 0 Å². The van der Waals surface area contributed by atoms with E-state index in [2.05, 4.69) is 19.8 Å². The van der Waals surface area contributed by atoms with Crippen LogP contribution in [0.25, 0.3) is 0 Å². The molecule has 124 valence electrons.